The molecule has 1 aromatic carbocycles. The number of carbonyl (C=O) groups is 2. The van der Waals surface area contributed by atoms with Gasteiger partial charge in [-0.2, -0.15) is 0 Å². The predicted octanol–water partition coefficient (Wildman–Crippen LogP) is 2.91. The topological polar surface area (TPSA) is 49.4 Å². The van der Waals surface area contributed by atoms with E-state index in [2.05, 4.69) is 5.32 Å². The minimum Gasteiger partial charge on any atom is -0.356 e. The van der Waals surface area contributed by atoms with E-state index in [9.17, 15) is 14.0 Å². The Bertz CT molecular complexity index is 588. The van der Waals surface area contributed by atoms with Crippen molar-refractivity contribution in [3.63, 3.8) is 0 Å². The van der Waals surface area contributed by atoms with Gasteiger partial charge in [-0.05, 0) is 62.6 Å². The van der Waals surface area contributed by atoms with E-state index < -0.39 is 0 Å². The van der Waals surface area contributed by atoms with Gasteiger partial charge in [0, 0.05) is 31.5 Å². The zero-order chi connectivity index (χ0) is 17.6. The summed E-state index contributed by atoms with van der Waals surface area (Å²) in [5.41, 5.74) is 1.02. The van der Waals surface area contributed by atoms with Gasteiger partial charge in [-0.15, -0.1) is 0 Å². The average Bonchev–Trinajstić information content (AvgIpc) is 3.17. The van der Waals surface area contributed by atoms with Crippen molar-refractivity contribution in [3.8, 4) is 0 Å². The summed E-state index contributed by atoms with van der Waals surface area (Å²) < 4.78 is 12.9. The van der Waals surface area contributed by atoms with E-state index >= 15 is 0 Å². The number of hydrogen-bond acceptors (Lipinski definition) is 2. The van der Waals surface area contributed by atoms with Crippen LogP contribution in [0.25, 0.3) is 0 Å². The second-order valence-corrected chi connectivity index (χ2v) is 7.25. The van der Waals surface area contributed by atoms with Gasteiger partial charge in [-0.25, -0.2) is 4.39 Å². The summed E-state index contributed by atoms with van der Waals surface area (Å²) in [4.78, 5) is 26.7. The molecular formula is C20H27FN2O2. The summed E-state index contributed by atoms with van der Waals surface area (Å²) in [6.07, 6.45) is 6.19. The summed E-state index contributed by atoms with van der Waals surface area (Å²) >= 11 is 0. The highest BCUT2D eigenvalue weighted by molar-refractivity contribution is 5.81. The monoisotopic (exact) mass is 346 g/mol. The molecule has 0 spiro atoms. The lowest BCUT2D eigenvalue weighted by Crippen LogP contribution is -2.39. The van der Waals surface area contributed by atoms with E-state index in [0.717, 1.165) is 57.2 Å². The third kappa shape index (κ3) is 4.80. The van der Waals surface area contributed by atoms with Crippen LogP contribution in [0.15, 0.2) is 24.3 Å². The predicted molar refractivity (Wildman–Crippen MR) is 94.4 cm³/mol. The van der Waals surface area contributed by atoms with Gasteiger partial charge in [0.25, 0.3) is 0 Å². The molecule has 1 aliphatic heterocycles. The van der Waals surface area contributed by atoms with Crippen LogP contribution in [0.3, 0.4) is 0 Å². The van der Waals surface area contributed by atoms with E-state index in [4.69, 9.17) is 0 Å². The number of carbonyl (C=O) groups excluding carboxylic acids is 2. The molecule has 1 heterocycles. The molecule has 2 amide bonds. The number of benzene rings is 1. The van der Waals surface area contributed by atoms with Gasteiger partial charge in [0.2, 0.25) is 11.8 Å². The molecule has 0 atom stereocenters. The molecule has 0 radical (unpaired) electrons. The first-order chi connectivity index (χ1) is 12.1. The van der Waals surface area contributed by atoms with E-state index in [1.807, 2.05) is 4.90 Å². The molecule has 1 saturated heterocycles. The highest BCUT2D eigenvalue weighted by Gasteiger charge is 2.32. The van der Waals surface area contributed by atoms with Crippen LogP contribution in [0.5, 0.6) is 0 Å². The summed E-state index contributed by atoms with van der Waals surface area (Å²) in [5.74, 6) is 0.284. The average molecular weight is 346 g/mol. The van der Waals surface area contributed by atoms with Gasteiger partial charge in [0.1, 0.15) is 5.82 Å². The van der Waals surface area contributed by atoms with Gasteiger partial charge in [-0.1, -0.05) is 12.1 Å². The molecule has 25 heavy (non-hydrogen) atoms. The van der Waals surface area contributed by atoms with Crippen LogP contribution >= 0.6 is 0 Å². The van der Waals surface area contributed by atoms with Crippen LogP contribution in [-0.4, -0.2) is 36.3 Å². The van der Waals surface area contributed by atoms with Crippen molar-refractivity contribution in [3.05, 3.63) is 35.6 Å². The molecule has 0 bridgehead atoms. The maximum Gasteiger partial charge on any atom is 0.225 e. The number of nitrogens with one attached hydrogen (secondary N) is 1. The van der Waals surface area contributed by atoms with Crippen molar-refractivity contribution in [2.75, 3.05) is 19.6 Å². The third-order valence-electron chi connectivity index (χ3n) is 5.49. The molecular weight excluding hydrogens is 319 g/mol. The van der Waals surface area contributed by atoms with Gasteiger partial charge >= 0.3 is 0 Å². The van der Waals surface area contributed by atoms with Crippen LogP contribution in [0, 0.1) is 17.7 Å². The van der Waals surface area contributed by atoms with Crippen LogP contribution in [0.2, 0.25) is 0 Å². The molecule has 4 nitrogen and oxygen atoms in total. The Morgan fingerprint density at radius 1 is 1.00 bits per heavy atom. The van der Waals surface area contributed by atoms with Crippen LogP contribution in [-0.2, 0) is 16.0 Å². The molecule has 2 aliphatic rings. The smallest absolute Gasteiger partial charge is 0.225 e. The summed E-state index contributed by atoms with van der Waals surface area (Å²) in [5, 5.41) is 2.99. The molecule has 1 N–H and O–H groups in total. The molecule has 136 valence electrons. The molecule has 1 aliphatic carbocycles. The molecule has 3 rings (SSSR count). The van der Waals surface area contributed by atoms with Gasteiger partial charge < -0.3 is 10.2 Å². The van der Waals surface area contributed by atoms with Gasteiger partial charge in [-0.3, -0.25) is 9.59 Å². The number of amides is 2. The van der Waals surface area contributed by atoms with Crippen molar-refractivity contribution >= 4 is 11.8 Å². The van der Waals surface area contributed by atoms with E-state index in [1.54, 1.807) is 12.1 Å². The lowest BCUT2D eigenvalue weighted by molar-refractivity contribution is -0.137. The fourth-order valence-corrected chi connectivity index (χ4v) is 3.92. The molecule has 0 unspecified atom stereocenters. The third-order valence-corrected chi connectivity index (χ3v) is 5.49. The molecule has 0 aromatic heterocycles. The first-order valence-corrected chi connectivity index (χ1v) is 9.44. The highest BCUT2D eigenvalue weighted by atomic mass is 19.1. The largest absolute Gasteiger partial charge is 0.356 e. The summed E-state index contributed by atoms with van der Waals surface area (Å²) in [6, 6.07) is 6.37. The SMILES string of the molecule is O=C(NCCc1ccc(F)cc1)C1CCC(C(=O)N2CCCC2)CC1. The molecule has 1 aromatic rings. The van der Waals surface area contributed by atoms with Crippen molar-refractivity contribution in [1.82, 2.24) is 10.2 Å². The number of likely N-dealkylation sites (tertiary alicyclic amines) is 1. The number of nitrogens with zero attached hydrogens (tertiary/aromatic N) is 1. The minimum atomic E-state index is -0.243. The first kappa shape index (κ1) is 17.9. The fraction of sp³-hybridized carbons (Fsp3) is 0.600. The van der Waals surface area contributed by atoms with Crippen LogP contribution in [0.1, 0.15) is 44.1 Å². The normalized spacial score (nSPS) is 23.5. The molecule has 2 fully saturated rings. The lowest BCUT2D eigenvalue weighted by atomic mass is 9.81. The van der Waals surface area contributed by atoms with Gasteiger partial charge in [0.15, 0.2) is 0 Å². The van der Waals surface area contributed by atoms with E-state index in [-0.39, 0.29) is 23.6 Å². The standard InChI is InChI=1S/C20H27FN2O2/c21-18-9-3-15(4-10-18)11-12-22-19(24)16-5-7-17(8-6-16)20(25)23-13-1-2-14-23/h3-4,9-10,16-17H,1-2,5-8,11-14H2,(H,22,24). The minimum absolute atomic E-state index is 0.0239. The number of rotatable bonds is 5. The van der Waals surface area contributed by atoms with Gasteiger partial charge in [0.05, 0.1) is 0 Å². The van der Waals surface area contributed by atoms with E-state index in [0.29, 0.717) is 18.9 Å². The quantitative estimate of drug-likeness (QED) is 0.891. The van der Waals surface area contributed by atoms with Crippen molar-refractivity contribution in [2.24, 2.45) is 11.8 Å². The Labute approximate surface area is 148 Å². The first-order valence-electron chi connectivity index (χ1n) is 9.44. The second kappa shape index (κ2) is 8.45. The number of hydrogen-bond donors (Lipinski definition) is 1. The van der Waals surface area contributed by atoms with Crippen molar-refractivity contribution < 1.29 is 14.0 Å². The summed E-state index contributed by atoms with van der Waals surface area (Å²) in [7, 11) is 0. The maximum atomic E-state index is 12.9. The number of halogens is 1. The Hall–Kier alpha value is -1.91. The second-order valence-electron chi connectivity index (χ2n) is 7.25. The Morgan fingerprint density at radius 2 is 1.60 bits per heavy atom. The van der Waals surface area contributed by atoms with Crippen molar-refractivity contribution in [2.45, 2.75) is 44.9 Å². The fourth-order valence-electron chi connectivity index (χ4n) is 3.92. The molecule has 1 saturated carbocycles. The van der Waals surface area contributed by atoms with E-state index in [1.165, 1.54) is 12.1 Å². The van der Waals surface area contributed by atoms with Crippen molar-refractivity contribution in [1.29, 1.82) is 0 Å². The maximum absolute atomic E-state index is 12.9. The Balaban J connectivity index is 1.37. The summed E-state index contributed by atoms with van der Waals surface area (Å²) in [6.45, 7) is 2.38. The van der Waals surface area contributed by atoms with Crippen LogP contribution < -0.4 is 5.32 Å². The Morgan fingerprint density at radius 3 is 2.24 bits per heavy atom. The zero-order valence-electron chi connectivity index (χ0n) is 14.7. The highest BCUT2D eigenvalue weighted by Crippen LogP contribution is 2.31. The zero-order valence-corrected chi connectivity index (χ0v) is 14.7. The van der Waals surface area contributed by atoms with Crippen LogP contribution in [0.4, 0.5) is 4.39 Å². The Kier molecular flexibility index (Phi) is 6.05. The molecule has 5 heteroatoms. The lowest BCUT2D eigenvalue weighted by Gasteiger charge is -2.29.